The van der Waals surface area contributed by atoms with Crippen molar-refractivity contribution in [3.63, 3.8) is 0 Å². The molecular weight excluding hydrogens is 631 g/mol. The topological polar surface area (TPSA) is 0 Å². The van der Waals surface area contributed by atoms with Crippen molar-refractivity contribution in [2.45, 2.75) is 76.3 Å². The second kappa shape index (κ2) is 12.2. The molecule has 0 amide bonds. The van der Waals surface area contributed by atoms with Gasteiger partial charge in [-0.15, -0.1) is 0 Å². The van der Waals surface area contributed by atoms with Crippen LogP contribution in [0.3, 0.4) is 0 Å². The molecule has 0 atom stereocenters. The fraction of sp³-hybridized carbons (Fsp3) is 0.308. The van der Waals surface area contributed by atoms with Crippen LogP contribution in [0, 0.1) is 13.8 Å². The third kappa shape index (κ3) is 6.00. The maximum Gasteiger partial charge on any atom is -1.00 e. The van der Waals surface area contributed by atoms with E-state index in [0.717, 1.165) is 6.42 Å². The van der Waals surface area contributed by atoms with Crippen LogP contribution in [-0.2, 0) is 32.1 Å². The van der Waals surface area contributed by atoms with E-state index in [1.54, 1.807) is 14.4 Å². The molecule has 216 valence electrons. The molecule has 0 saturated carbocycles. The van der Waals surface area contributed by atoms with Gasteiger partial charge in [-0.2, -0.15) is 0 Å². The second-order valence-corrected chi connectivity index (χ2v) is 19.9. The summed E-state index contributed by atoms with van der Waals surface area (Å²) in [6.45, 7) is 18.8. The first-order valence-electron chi connectivity index (χ1n) is 14.8. The first-order valence-corrected chi connectivity index (χ1v) is 18.9. The SMILES string of the molecule is Cc1cc2c(cc1C(C)(C)C)-c1cc(C(C)(C)C)c(C)cc1[CH]2/[Zr+2](=[CH]/c1ccc2ccccc2c1)[C]1=CC=CC1.[Cl-].[Cl-]. The normalized spacial score (nSPS) is 14.3. The molecule has 4 aromatic rings. The Morgan fingerprint density at radius 1 is 0.690 bits per heavy atom. The molecule has 0 spiro atoms. The number of benzene rings is 4. The van der Waals surface area contributed by atoms with Crippen LogP contribution in [0.15, 0.2) is 88.2 Å². The minimum absolute atomic E-state index is 0. The zero-order chi connectivity index (χ0) is 28.4. The van der Waals surface area contributed by atoms with Crippen molar-refractivity contribution in [3.8, 4) is 11.1 Å². The average molecular weight is 673 g/mol. The van der Waals surface area contributed by atoms with E-state index in [1.807, 2.05) is 0 Å². The van der Waals surface area contributed by atoms with Gasteiger partial charge in [0.05, 0.1) is 0 Å². The average Bonchev–Trinajstić information content (AvgIpc) is 3.51. The molecule has 0 saturated heterocycles. The summed E-state index contributed by atoms with van der Waals surface area (Å²) in [5, 5.41) is 2.65. The summed E-state index contributed by atoms with van der Waals surface area (Å²) in [5.41, 5.74) is 13.6. The first-order chi connectivity index (χ1) is 18.9. The summed E-state index contributed by atoms with van der Waals surface area (Å²) >= 11 is -2.39. The standard InChI is InChI=1S/C23H29.C11H8.C5H5.2ClH.Zr/c1-14-9-16-11-17-10-15(2)21(23(6,7)8)13-19(17)18(16)12-20(14)22(3,4)5;1-9-6-7-10-4-2-3-5-11(10)8-9;1-2-4-5-3-1;;;/h9-13H,1-8H3;1-8H;1-3H,4H2;2*1H;/q;;;;;+2/p-2. The summed E-state index contributed by atoms with van der Waals surface area (Å²) in [5.74, 6) is 0. The smallest absolute Gasteiger partial charge is 1.00 e. The molecule has 2 aliphatic carbocycles. The number of allylic oxidation sites excluding steroid dienone is 4. The van der Waals surface area contributed by atoms with Gasteiger partial charge >= 0.3 is 250 Å². The molecule has 0 aliphatic heterocycles. The Morgan fingerprint density at radius 3 is 1.74 bits per heavy atom. The van der Waals surface area contributed by atoms with E-state index in [0.29, 0.717) is 3.63 Å². The van der Waals surface area contributed by atoms with Crippen molar-refractivity contribution in [2.75, 3.05) is 0 Å². The third-order valence-corrected chi connectivity index (χ3v) is 16.2. The summed E-state index contributed by atoms with van der Waals surface area (Å²) in [4.78, 5) is 0. The number of halogens is 2. The van der Waals surface area contributed by atoms with Crippen molar-refractivity contribution in [1.29, 1.82) is 0 Å². The largest absolute Gasteiger partial charge is 1.00 e. The number of aryl methyl sites for hydroxylation is 2. The Kier molecular flexibility index (Phi) is 9.51. The van der Waals surface area contributed by atoms with Crippen LogP contribution in [0.25, 0.3) is 21.9 Å². The predicted octanol–water partition coefficient (Wildman–Crippen LogP) is 4.44. The molecule has 0 fully saturated rings. The van der Waals surface area contributed by atoms with Gasteiger partial charge in [0.2, 0.25) is 0 Å². The summed E-state index contributed by atoms with van der Waals surface area (Å²) in [7, 11) is 0. The van der Waals surface area contributed by atoms with Gasteiger partial charge in [0.15, 0.2) is 0 Å². The zero-order valence-corrected chi connectivity index (χ0v) is 30.2. The van der Waals surface area contributed by atoms with E-state index in [2.05, 4.69) is 144 Å². The van der Waals surface area contributed by atoms with Gasteiger partial charge in [-0.1, -0.05) is 0 Å². The third-order valence-electron chi connectivity index (χ3n) is 8.87. The van der Waals surface area contributed by atoms with Crippen LogP contribution in [-0.4, -0.2) is 3.71 Å². The number of hydrogen-bond donors (Lipinski definition) is 0. The van der Waals surface area contributed by atoms with E-state index < -0.39 is 21.3 Å². The van der Waals surface area contributed by atoms with Crippen LogP contribution in [0.2, 0.25) is 0 Å². The van der Waals surface area contributed by atoms with Crippen molar-refractivity contribution in [2.24, 2.45) is 0 Å². The van der Waals surface area contributed by atoms with Gasteiger partial charge in [-0.3, -0.25) is 0 Å². The van der Waals surface area contributed by atoms with Gasteiger partial charge < -0.3 is 24.8 Å². The van der Waals surface area contributed by atoms with Crippen LogP contribution in [0.4, 0.5) is 0 Å². The fourth-order valence-electron chi connectivity index (χ4n) is 7.02. The summed E-state index contributed by atoms with van der Waals surface area (Å²) < 4.78 is 4.94. The molecule has 2 aliphatic rings. The van der Waals surface area contributed by atoms with Crippen molar-refractivity contribution >= 4 is 14.5 Å². The van der Waals surface area contributed by atoms with Crippen LogP contribution in [0.1, 0.15) is 90.5 Å². The van der Waals surface area contributed by atoms with E-state index in [9.17, 15) is 0 Å². The van der Waals surface area contributed by atoms with Gasteiger partial charge in [0.1, 0.15) is 0 Å². The van der Waals surface area contributed by atoms with Crippen LogP contribution in [0.5, 0.6) is 0 Å². The predicted molar refractivity (Wildman–Crippen MR) is 172 cm³/mol. The number of hydrogen-bond acceptors (Lipinski definition) is 0. The second-order valence-electron chi connectivity index (χ2n) is 14.0. The molecule has 0 N–H and O–H groups in total. The maximum absolute atomic E-state index is 2.75. The molecule has 0 aromatic heterocycles. The minimum Gasteiger partial charge on any atom is -1.00 e. The van der Waals surface area contributed by atoms with E-state index in [4.69, 9.17) is 0 Å². The Morgan fingerprint density at radius 2 is 1.24 bits per heavy atom. The molecular formula is C39H42Cl2Zr. The molecule has 42 heavy (non-hydrogen) atoms. The van der Waals surface area contributed by atoms with Gasteiger partial charge in [0, 0.05) is 0 Å². The molecule has 0 unspecified atom stereocenters. The van der Waals surface area contributed by atoms with E-state index in [1.165, 1.54) is 49.7 Å². The molecule has 0 heterocycles. The maximum atomic E-state index is 2.75. The molecule has 0 nitrogen and oxygen atoms in total. The molecule has 6 rings (SSSR count). The van der Waals surface area contributed by atoms with Crippen molar-refractivity contribution in [3.05, 3.63) is 127 Å². The Balaban J connectivity index is 0.00000202. The first kappa shape index (κ1) is 32.9. The van der Waals surface area contributed by atoms with Gasteiger partial charge in [-0.25, -0.2) is 0 Å². The number of rotatable bonds is 3. The summed E-state index contributed by atoms with van der Waals surface area (Å²) in [6, 6.07) is 26.1. The van der Waals surface area contributed by atoms with Crippen LogP contribution < -0.4 is 24.8 Å². The molecule has 3 heteroatoms. The molecule has 0 bridgehead atoms. The van der Waals surface area contributed by atoms with Gasteiger partial charge in [0.25, 0.3) is 0 Å². The molecule has 0 radical (unpaired) electrons. The minimum atomic E-state index is -2.39. The Hall–Kier alpha value is -2.05. The Bertz CT molecular complexity index is 1690. The van der Waals surface area contributed by atoms with E-state index >= 15 is 0 Å². The van der Waals surface area contributed by atoms with E-state index in [-0.39, 0.29) is 35.6 Å². The zero-order valence-electron chi connectivity index (χ0n) is 26.2. The molecule has 4 aromatic carbocycles. The van der Waals surface area contributed by atoms with Crippen LogP contribution >= 0.6 is 0 Å². The fourth-order valence-corrected chi connectivity index (χ4v) is 14.5. The van der Waals surface area contributed by atoms with Crippen molar-refractivity contribution in [1.82, 2.24) is 0 Å². The Labute approximate surface area is 273 Å². The monoisotopic (exact) mass is 670 g/mol. The quantitative estimate of drug-likeness (QED) is 0.302. The summed E-state index contributed by atoms with van der Waals surface area (Å²) in [6.07, 6.45) is 8.22. The van der Waals surface area contributed by atoms with Crippen molar-refractivity contribution < 1.29 is 46.1 Å². The number of fused-ring (bicyclic) bond motifs is 4. The van der Waals surface area contributed by atoms with Gasteiger partial charge in [-0.05, 0) is 0 Å².